The number of fused-ring (bicyclic) bond motifs is 21. The van der Waals surface area contributed by atoms with Crippen molar-refractivity contribution in [1.29, 1.82) is 0 Å². The Labute approximate surface area is 157 Å². The standard InChI is InChI=1S/C18H36N2O6/c1-7-21-13-14-24-10-4-20-5-11-25-17-15-22-8-2-19(1)3-9-23-16-18-26-12-6-20/h1-18H2/p+1. The van der Waals surface area contributed by atoms with Crippen LogP contribution in [0.25, 0.3) is 0 Å². The minimum Gasteiger partial charge on any atom is -0.378 e. The number of nitrogens with one attached hydrogen (secondary N) is 1. The monoisotopic (exact) mass is 377 g/mol. The summed E-state index contributed by atoms with van der Waals surface area (Å²) in [4.78, 5) is 3.75. The molecule has 2 bridgehead atoms. The average molecular weight is 378 g/mol. The largest absolute Gasteiger partial charge is 0.378 e. The number of hydrogen-bond acceptors (Lipinski definition) is 7. The predicted octanol–water partition coefficient (Wildman–Crippen LogP) is -1.70. The van der Waals surface area contributed by atoms with Gasteiger partial charge in [0, 0.05) is 19.6 Å². The Kier molecular flexibility index (Phi) is 13.3. The Morgan fingerprint density at radius 2 is 0.692 bits per heavy atom. The lowest BCUT2D eigenvalue weighted by molar-refractivity contribution is -0.901. The number of nitrogens with zero attached hydrogens (tertiary/aromatic N) is 1. The van der Waals surface area contributed by atoms with Crippen molar-refractivity contribution in [2.24, 2.45) is 0 Å². The zero-order valence-electron chi connectivity index (χ0n) is 16.1. The van der Waals surface area contributed by atoms with Crippen molar-refractivity contribution in [2.75, 3.05) is 119 Å². The van der Waals surface area contributed by atoms with Gasteiger partial charge in [-0.25, -0.2) is 0 Å². The molecule has 8 heteroatoms. The molecule has 0 unspecified atom stereocenters. The molecule has 3 fully saturated rings. The van der Waals surface area contributed by atoms with Gasteiger partial charge in [-0.2, -0.15) is 0 Å². The molecule has 3 saturated heterocycles. The predicted molar refractivity (Wildman–Crippen MR) is 96.9 cm³/mol. The highest BCUT2D eigenvalue weighted by Crippen LogP contribution is 1.93. The minimum atomic E-state index is 0.641. The first-order chi connectivity index (χ1) is 12.9. The minimum absolute atomic E-state index is 0.641. The van der Waals surface area contributed by atoms with E-state index in [2.05, 4.69) is 4.90 Å². The van der Waals surface area contributed by atoms with Gasteiger partial charge in [0.2, 0.25) is 0 Å². The summed E-state index contributed by atoms with van der Waals surface area (Å²) in [5.74, 6) is 0. The van der Waals surface area contributed by atoms with Crippen LogP contribution in [-0.2, 0) is 28.4 Å². The first kappa shape index (κ1) is 22.0. The quantitative estimate of drug-likeness (QED) is 0.540. The second kappa shape index (κ2) is 15.7. The summed E-state index contributed by atoms with van der Waals surface area (Å²) in [5.41, 5.74) is 0. The molecule has 3 aliphatic heterocycles. The molecule has 0 saturated carbocycles. The summed E-state index contributed by atoms with van der Waals surface area (Å²) in [6, 6.07) is 0. The van der Waals surface area contributed by atoms with Gasteiger partial charge in [0.25, 0.3) is 0 Å². The van der Waals surface area contributed by atoms with E-state index < -0.39 is 0 Å². The van der Waals surface area contributed by atoms with Gasteiger partial charge in [0.05, 0.1) is 79.3 Å². The maximum Gasteiger partial charge on any atom is 0.101 e. The summed E-state index contributed by atoms with van der Waals surface area (Å²) >= 11 is 0. The lowest BCUT2D eigenvalue weighted by atomic mass is 10.4. The molecule has 3 aliphatic rings. The fourth-order valence-corrected chi connectivity index (χ4v) is 2.91. The number of rotatable bonds is 0. The lowest BCUT2D eigenvalue weighted by Gasteiger charge is -2.23. The highest BCUT2D eigenvalue weighted by atomic mass is 16.5. The number of quaternary nitrogens is 1. The van der Waals surface area contributed by atoms with E-state index in [0.29, 0.717) is 59.5 Å². The maximum atomic E-state index is 5.72. The van der Waals surface area contributed by atoms with Crippen LogP contribution in [0.4, 0.5) is 0 Å². The van der Waals surface area contributed by atoms with Crippen LogP contribution in [0.3, 0.4) is 0 Å². The van der Waals surface area contributed by atoms with Crippen molar-refractivity contribution >= 4 is 0 Å². The fraction of sp³-hybridized carbons (Fsp3) is 1.00. The molecular formula is C18H37N2O6+. The third kappa shape index (κ3) is 11.4. The van der Waals surface area contributed by atoms with Gasteiger partial charge in [-0.1, -0.05) is 0 Å². The molecule has 26 heavy (non-hydrogen) atoms. The van der Waals surface area contributed by atoms with E-state index in [1.54, 1.807) is 0 Å². The first-order valence-electron chi connectivity index (χ1n) is 9.97. The van der Waals surface area contributed by atoms with Gasteiger partial charge in [0.15, 0.2) is 0 Å². The van der Waals surface area contributed by atoms with Crippen molar-refractivity contribution in [3.63, 3.8) is 0 Å². The normalized spacial score (nSPS) is 30.5. The van der Waals surface area contributed by atoms with Gasteiger partial charge >= 0.3 is 0 Å². The van der Waals surface area contributed by atoms with Gasteiger partial charge in [-0.05, 0) is 0 Å². The van der Waals surface area contributed by atoms with Crippen molar-refractivity contribution < 1.29 is 33.3 Å². The topological polar surface area (TPSA) is 63.1 Å². The highest BCUT2D eigenvalue weighted by Gasteiger charge is 2.10. The van der Waals surface area contributed by atoms with Crippen LogP contribution >= 0.6 is 0 Å². The second-order valence-electron chi connectivity index (χ2n) is 6.52. The zero-order valence-corrected chi connectivity index (χ0v) is 16.1. The number of ether oxygens (including phenoxy) is 6. The van der Waals surface area contributed by atoms with Crippen LogP contribution in [0, 0.1) is 0 Å². The molecule has 0 radical (unpaired) electrons. The molecule has 0 aromatic carbocycles. The van der Waals surface area contributed by atoms with Crippen LogP contribution in [0.5, 0.6) is 0 Å². The summed E-state index contributed by atoms with van der Waals surface area (Å²) < 4.78 is 34.3. The van der Waals surface area contributed by atoms with Crippen molar-refractivity contribution in [1.82, 2.24) is 4.90 Å². The van der Waals surface area contributed by atoms with E-state index in [1.807, 2.05) is 0 Å². The molecule has 0 amide bonds. The van der Waals surface area contributed by atoms with Crippen molar-refractivity contribution in [3.05, 3.63) is 0 Å². The van der Waals surface area contributed by atoms with Crippen molar-refractivity contribution in [2.45, 2.75) is 0 Å². The third-order valence-corrected chi connectivity index (χ3v) is 4.57. The Balaban J connectivity index is 1.87. The smallest absolute Gasteiger partial charge is 0.101 e. The van der Waals surface area contributed by atoms with Gasteiger partial charge in [0.1, 0.15) is 19.6 Å². The fourth-order valence-electron chi connectivity index (χ4n) is 2.91. The van der Waals surface area contributed by atoms with Gasteiger partial charge in [-0.15, -0.1) is 0 Å². The molecule has 0 atom stereocenters. The van der Waals surface area contributed by atoms with Crippen LogP contribution in [0.1, 0.15) is 0 Å². The SMILES string of the molecule is C1COCC[NH+]2CCOCCOCCN(CCO1)CCOCCOCC2. The first-order valence-corrected chi connectivity index (χ1v) is 9.97. The molecule has 0 aromatic heterocycles. The molecule has 0 aliphatic carbocycles. The van der Waals surface area contributed by atoms with E-state index >= 15 is 0 Å². The average Bonchev–Trinajstić information content (AvgIpc) is 2.65. The Morgan fingerprint density at radius 1 is 0.385 bits per heavy atom. The van der Waals surface area contributed by atoms with Crippen LogP contribution in [0.15, 0.2) is 0 Å². The van der Waals surface area contributed by atoms with E-state index in [-0.39, 0.29) is 0 Å². The van der Waals surface area contributed by atoms with E-state index in [1.165, 1.54) is 4.90 Å². The summed E-state index contributed by atoms with van der Waals surface area (Å²) in [6.07, 6.45) is 0. The van der Waals surface area contributed by atoms with Gasteiger partial charge in [-0.3, -0.25) is 4.90 Å². The molecule has 0 spiro atoms. The highest BCUT2D eigenvalue weighted by molar-refractivity contribution is 4.57. The Morgan fingerprint density at radius 3 is 1.04 bits per heavy atom. The summed E-state index contributed by atoms with van der Waals surface area (Å²) in [5, 5.41) is 0. The van der Waals surface area contributed by atoms with E-state index in [4.69, 9.17) is 28.4 Å². The van der Waals surface area contributed by atoms with Crippen molar-refractivity contribution in [3.8, 4) is 0 Å². The lowest BCUT2D eigenvalue weighted by Crippen LogP contribution is -3.13. The van der Waals surface area contributed by atoms with Crippen LogP contribution in [-0.4, -0.2) is 123 Å². The molecule has 8 nitrogen and oxygen atoms in total. The zero-order chi connectivity index (χ0) is 18.1. The summed E-state index contributed by atoms with van der Waals surface area (Å²) in [6.45, 7) is 13.6. The Bertz CT molecular complexity index is 247. The molecule has 3 heterocycles. The molecular weight excluding hydrogens is 340 g/mol. The molecule has 3 rings (SSSR count). The number of hydrogen-bond donors (Lipinski definition) is 1. The molecule has 154 valence electrons. The van der Waals surface area contributed by atoms with E-state index in [0.717, 1.165) is 59.1 Å². The van der Waals surface area contributed by atoms with Crippen LogP contribution in [0.2, 0.25) is 0 Å². The third-order valence-electron chi connectivity index (χ3n) is 4.57. The second-order valence-corrected chi connectivity index (χ2v) is 6.52. The molecule has 0 aromatic rings. The van der Waals surface area contributed by atoms with Gasteiger partial charge < -0.3 is 33.3 Å². The Hall–Kier alpha value is -0.320. The summed E-state index contributed by atoms with van der Waals surface area (Å²) in [7, 11) is 0. The van der Waals surface area contributed by atoms with Crippen LogP contribution < -0.4 is 4.90 Å². The molecule has 1 N–H and O–H groups in total. The van der Waals surface area contributed by atoms with E-state index in [9.17, 15) is 0 Å². The maximum absolute atomic E-state index is 5.72.